The molecule has 1 heterocycles. The second-order valence-electron chi connectivity index (χ2n) is 4.93. The zero-order valence-electron chi connectivity index (χ0n) is 11.8. The van der Waals surface area contributed by atoms with Crippen molar-refractivity contribution in [2.24, 2.45) is 0 Å². The van der Waals surface area contributed by atoms with Crippen molar-refractivity contribution in [3.05, 3.63) is 51.7 Å². The molecule has 0 aliphatic rings. The second-order valence-corrected chi connectivity index (χ2v) is 6.18. The average Bonchev–Trinajstić information content (AvgIpc) is 2.86. The summed E-state index contributed by atoms with van der Waals surface area (Å²) in [5.41, 5.74) is 2.14. The largest absolute Gasteiger partial charge is 0.388 e. The highest BCUT2D eigenvalue weighted by Gasteiger charge is 2.10. The van der Waals surface area contributed by atoms with Crippen LogP contribution in [0.25, 0.3) is 0 Å². The molecule has 0 saturated carbocycles. The molecule has 2 nitrogen and oxygen atoms in total. The molecule has 0 aliphatic carbocycles. The van der Waals surface area contributed by atoms with Gasteiger partial charge in [0.05, 0.1) is 6.10 Å². The van der Waals surface area contributed by atoms with Crippen molar-refractivity contribution < 1.29 is 5.11 Å². The van der Waals surface area contributed by atoms with Crippen LogP contribution < -0.4 is 4.90 Å². The first kappa shape index (κ1) is 14.1. The molecule has 1 aromatic heterocycles. The van der Waals surface area contributed by atoms with E-state index in [2.05, 4.69) is 24.0 Å². The molecule has 1 atom stereocenters. The van der Waals surface area contributed by atoms with Gasteiger partial charge in [-0.1, -0.05) is 19.1 Å². The van der Waals surface area contributed by atoms with Crippen LogP contribution in [0.4, 0.5) is 5.69 Å². The molecular formula is C16H21NOS. The fourth-order valence-corrected chi connectivity index (χ4v) is 3.02. The lowest BCUT2D eigenvalue weighted by atomic mass is 10.1. The van der Waals surface area contributed by atoms with Crippen molar-refractivity contribution in [3.63, 3.8) is 0 Å². The SMILES string of the molecule is CCc1ccc(CC(O)c2ccc(N(C)C)cc2)s1. The van der Waals surface area contributed by atoms with Crippen molar-refractivity contribution in [3.8, 4) is 0 Å². The molecular weight excluding hydrogens is 254 g/mol. The summed E-state index contributed by atoms with van der Waals surface area (Å²) in [7, 11) is 4.03. The van der Waals surface area contributed by atoms with Crippen LogP contribution in [0, 0.1) is 0 Å². The van der Waals surface area contributed by atoms with Crippen LogP contribution in [-0.4, -0.2) is 19.2 Å². The molecule has 0 fully saturated rings. The van der Waals surface area contributed by atoms with Crippen LogP contribution >= 0.6 is 11.3 Å². The lowest BCUT2D eigenvalue weighted by Gasteiger charge is -2.14. The van der Waals surface area contributed by atoms with E-state index in [-0.39, 0.29) is 0 Å². The van der Waals surface area contributed by atoms with Crippen LogP contribution in [-0.2, 0) is 12.8 Å². The number of rotatable bonds is 5. The van der Waals surface area contributed by atoms with Gasteiger partial charge in [0.15, 0.2) is 0 Å². The van der Waals surface area contributed by atoms with Gasteiger partial charge in [0.1, 0.15) is 0 Å². The minimum absolute atomic E-state index is 0.417. The summed E-state index contributed by atoms with van der Waals surface area (Å²) < 4.78 is 0. The van der Waals surface area contributed by atoms with E-state index in [1.165, 1.54) is 9.75 Å². The summed E-state index contributed by atoms with van der Waals surface area (Å²) in [5.74, 6) is 0. The number of aryl methyl sites for hydroxylation is 1. The second kappa shape index (κ2) is 6.22. The number of hydrogen-bond donors (Lipinski definition) is 1. The first-order valence-corrected chi connectivity index (χ1v) is 7.44. The van der Waals surface area contributed by atoms with Gasteiger partial charge in [-0.05, 0) is 36.2 Å². The summed E-state index contributed by atoms with van der Waals surface area (Å²) in [6.07, 6.45) is 1.35. The maximum atomic E-state index is 10.3. The number of benzene rings is 1. The van der Waals surface area contributed by atoms with Gasteiger partial charge in [-0.2, -0.15) is 0 Å². The molecule has 3 heteroatoms. The molecule has 0 saturated heterocycles. The summed E-state index contributed by atoms with van der Waals surface area (Å²) >= 11 is 1.80. The Morgan fingerprint density at radius 1 is 1.05 bits per heavy atom. The third-order valence-electron chi connectivity index (χ3n) is 3.25. The maximum absolute atomic E-state index is 10.3. The third kappa shape index (κ3) is 3.58. The van der Waals surface area contributed by atoms with Crippen LogP contribution in [0.5, 0.6) is 0 Å². The van der Waals surface area contributed by atoms with Crippen LogP contribution in [0.15, 0.2) is 36.4 Å². The summed E-state index contributed by atoms with van der Waals surface area (Å²) in [4.78, 5) is 4.69. The average molecular weight is 275 g/mol. The first-order valence-electron chi connectivity index (χ1n) is 6.63. The number of thiophene rings is 1. The van der Waals surface area contributed by atoms with Gasteiger partial charge in [-0.15, -0.1) is 11.3 Å². The van der Waals surface area contributed by atoms with Gasteiger partial charge in [-0.25, -0.2) is 0 Å². The Kier molecular flexibility index (Phi) is 4.61. The highest BCUT2D eigenvalue weighted by atomic mass is 32.1. The van der Waals surface area contributed by atoms with Gasteiger partial charge >= 0.3 is 0 Å². The Morgan fingerprint density at radius 3 is 2.21 bits per heavy atom. The van der Waals surface area contributed by atoms with Crippen molar-refractivity contribution in [1.29, 1.82) is 0 Å². The number of hydrogen-bond acceptors (Lipinski definition) is 3. The van der Waals surface area contributed by atoms with Crippen LogP contribution in [0.1, 0.15) is 28.3 Å². The fourth-order valence-electron chi connectivity index (χ4n) is 2.03. The van der Waals surface area contributed by atoms with Gasteiger partial charge < -0.3 is 10.0 Å². The predicted molar refractivity (Wildman–Crippen MR) is 83.1 cm³/mol. The molecule has 2 aromatic rings. The predicted octanol–water partition coefficient (Wildman–Crippen LogP) is 3.65. The lowest BCUT2D eigenvalue weighted by Crippen LogP contribution is -2.08. The van der Waals surface area contributed by atoms with Crippen LogP contribution in [0.2, 0.25) is 0 Å². The van der Waals surface area contributed by atoms with Gasteiger partial charge in [-0.3, -0.25) is 0 Å². The fraction of sp³-hybridized carbons (Fsp3) is 0.375. The van der Waals surface area contributed by atoms with Gasteiger partial charge in [0.25, 0.3) is 0 Å². The number of aliphatic hydroxyl groups is 1. The van der Waals surface area contributed by atoms with E-state index < -0.39 is 6.10 Å². The minimum Gasteiger partial charge on any atom is -0.388 e. The molecule has 1 unspecified atom stereocenters. The van der Waals surface area contributed by atoms with E-state index in [9.17, 15) is 5.11 Å². The smallest absolute Gasteiger partial charge is 0.0838 e. The first-order chi connectivity index (χ1) is 9.10. The van der Waals surface area contributed by atoms with Crippen molar-refractivity contribution in [2.45, 2.75) is 25.9 Å². The quantitative estimate of drug-likeness (QED) is 0.900. The summed E-state index contributed by atoms with van der Waals surface area (Å²) in [6.45, 7) is 2.16. The normalized spacial score (nSPS) is 12.4. The number of nitrogens with zero attached hydrogens (tertiary/aromatic N) is 1. The standard InChI is InChI=1S/C16H21NOS/c1-4-14-9-10-15(19-14)11-16(18)12-5-7-13(8-6-12)17(2)3/h5-10,16,18H,4,11H2,1-3H3. The van der Waals surface area contributed by atoms with E-state index in [1.807, 2.05) is 38.4 Å². The topological polar surface area (TPSA) is 23.5 Å². The zero-order chi connectivity index (χ0) is 13.8. The van der Waals surface area contributed by atoms with E-state index >= 15 is 0 Å². The van der Waals surface area contributed by atoms with E-state index in [4.69, 9.17) is 0 Å². The molecule has 0 bridgehead atoms. The number of anilines is 1. The molecule has 0 radical (unpaired) electrons. The third-order valence-corrected chi connectivity index (χ3v) is 4.51. The molecule has 1 N–H and O–H groups in total. The summed E-state index contributed by atoms with van der Waals surface area (Å²) in [6, 6.07) is 12.4. The molecule has 0 aliphatic heterocycles. The van der Waals surface area contributed by atoms with E-state index in [0.29, 0.717) is 6.42 Å². The van der Waals surface area contributed by atoms with Crippen LogP contribution in [0.3, 0.4) is 0 Å². The maximum Gasteiger partial charge on any atom is 0.0838 e. The zero-order valence-corrected chi connectivity index (χ0v) is 12.6. The monoisotopic (exact) mass is 275 g/mol. The highest BCUT2D eigenvalue weighted by Crippen LogP contribution is 2.25. The molecule has 19 heavy (non-hydrogen) atoms. The van der Waals surface area contributed by atoms with Crippen molar-refractivity contribution >= 4 is 17.0 Å². The summed E-state index contributed by atoms with van der Waals surface area (Å²) in [5, 5.41) is 10.3. The molecule has 0 spiro atoms. The van der Waals surface area contributed by atoms with E-state index in [1.54, 1.807) is 11.3 Å². The van der Waals surface area contributed by atoms with E-state index in [0.717, 1.165) is 17.7 Å². The lowest BCUT2D eigenvalue weighted by molar-refractivity contribution is 0.179. The molecule has 0 amide bonds. The van der Waals surface area contributed by atoms with Gasteiger partial charge in [0.2, 0.25) is 0 Å². The highest BCUT2D eigenvalue weighted by molar-refractivity contribution is 7.11. The Bertz CT molecular complexity index is 516. The Labute approximate surface area is 119 Å². The Morgan fingerprint density at radius 2 is 1.68 bits per heavy atom. The number of aliphatic hydroxyl groups excluding tert-OH is 1. The molecule has 102 valence electrons. The molecule has 1 aromatic carbocycles. The van der Waals surface area contributed by atoms with Gasteiger partial charge in [0, 0.05) is 36.0 Å². The minimum atomic E-state index is -0.417. The Hall–Kier alpha value is -1.32. The van der Waals surface area contributed by atoms with Crippen molar-refractivity contribution in [2.75, 3.05) is 19.0 Å². The van der Waals surface area contributed by atoms with Crippen molar-refractivity contribution in [1.82, 2.24) is 0 Å². The molecule has 2 rings (SSSR count). The Balaban J connectivity index is 2.04.